The van der Waals surface area contributed by atoms with E-state index in [0.717, 1.165) is 27.5 Å². The molecule has 0 radical (unpaired) electrons. The third-order valence-corrected chi connectivity index (χ3v) is 8.98. The lowest BCUT2D eigenvalue weighted by molar-refractivity contribution is -0.137. The Balaban J connectivity index is 1.19. The first-order valence-corrected chi connectivity index (χ1v) is 14.4. The number of rotatable bonds is 4. The van der Waals surface area contributed by atoms with Crippen molar-refractivity contribution in [2.75, 3.05) is 0 Å². The summed E-state index contributed by atoms with van der Waals surface area (Å²) in [5, 5.41) is 4.63. The first kappa shape index (κ1) is 25.6. The van der Waals surface area contributed by atoms with Gasteiger partial charge in [-0.15, -0.1) is 11.3 Å². The molecule has 0 amide bonds. The molecule has 0 nitrogen and oxygen atoms in total. The smallest absolute Gasteiger partial charge is 0.166 e. The van der Waals surface area contributed by atoms with Crippen LogP contribution < -0.4 is 0 Å². The molecule has 4 heteroatoms. The Labute approximate surface area is 240 Å². The van der Waals surface area contributed by atoms with Crippen LogP contribution in [0.5, 0.6) is 0 Å². The van der Waals surface area contributed by atoms with Gasteiger partial charge < -0.3 is 0 Å². The summed E-state index contributed by atoms with van der Waals surface area (Å²) < 4.78 is 43.1. The molecule has 0 bridgehead atoms. The zero-order chi connectivity index (χ0) is 28.1. The highest BCUT2D eigenvalue weighted by atomic mass is 32.1. The summed E-state index contributed by atoms with van der Waals surface area (Å²) in [7, 11) is 0. The van der Waals surface area contributed by atoms with E-state index in [9.17, 15) is 13.2 Å². The van der Waals surface area contributed by atoms with Gasteiger partial charge in [0.2, 0.25) is 0 Å². The van der Waals surface area contributed by atoms with Crippen LogP contribution in [0.15, 0.2) is 121 Å². The molecule has 0 spiro atoms. The molecule has 7 rings (SSSR count). The van der Waals surface area contributed by atoms with Gasteiger partial charge >= 0.3 is 6.18 Å². The van der Waals surface area contributed by atoms with Gasteiger partial charge in [0.05, 0.1) is 5.56 Å². The first-order chi connectivity index (χ1) is 19.9. The summed E-state index contributed by atoms with van der Waals surface area (Å²) in [6.45, 7) is 1.87. The molecule has 0 aliphatic heterocycles. The van der Waals surface area contributed by atoms with E-state index in [2.05, 4.69) is 78.9 Å². The van der Waals surface area contributed by atoms with Gasteiger partial charge in [-0.1, -0.05) is 85.8 Å². The maximum Gasteiger partial charge on any atom is 0.416 e. The van der Waals surface area contributed by atoms with Crippen molar-refractivity contribution < 1.29 is 13.2 Å². The van der Waals surface area contributed by atoms with Crippen molar-refractivity contribution in [3.05, 3.63) is 132 Å². The van der Waals surface area contributed by atoms with E-state index >= 15 is 0 Å². The number of thiophene rings is 1. The van der Waals surface area contributed by atoms with E-state index in [1.165, 1.54) is 43.4 Å². The SMILES string of the molecule is CCc1cc(-c2ccc3cc(-c4ccc(-c5ccc6sc7ccccc7c6c5)cc4)ccc3c2)cc(C(F)(F)F)c1. The monoisotopic (exact) mass is 558 g/mol. The largest absolute Gasteiger partial charge is 0.416 e. The number of fused-ring (bicyclic) bond motifs is 4. The Morgan fingerprint density at radius 3 is 1.73 bits per heavy atom. The van der Waals surface area contributed by atoms with Gasteiger partial charge in [-0.3, -0.25) is 0 Å². The van der Waals surface area contributed by atoms with Crippen LogP contribution >= 0.6 is 11.3 Å². The minimum Gasteiger partial charge on any atom is -0.166 e. The van der Waals surface area contributed by atoms with E-state index in [4.69, 9.17) is 0 Å². The Bertz CT molecular complexity index is 2060. The van der Waals surface area contributed by atoms with Gasteiger partial charge in [-0.2, -0.15) is 13.2 Å². The Hall–Kier alpha value is -4.41. The predicted molar refractivity (Wildman–Crippen MR) is 168 cm³/mol. The maximum absolute atomic E-state index is 13.5. The average Bonchev–Trinajstić information content (AvgIpc) is 3.38. The molecule has 1 aromatic heterocycles. The van der Waals surface area contributed by atoms with Crippen LogP contribution in [0.3, 0.4) is 0 Å². The van der Waals surface area contributed by atoms with Crippen molar-refractivity contribution in [3.8, 4) is 33.4 Å². The molecule has 0 aliphatic carbocycles. The predicted octanol–water partition coefficient (Wildman–Crippen LogP) is 11.8. The van der Waals surface area contributed by atoms with Crippen molar-refractivity contribution in [2.24, 2.45) is 0 Å². The standard InChI is InChI=1S/C37H25F3S/c1-2-23-17-31(21-32(18-23)37(38,39)40)29-14-13-27-19-26(11-12-28(27)20-29)24-7-9-25(10-8-24)30-15-16-36-34(22-30)33-5-3-4-6-35(33)41-36/h3-22H,2H2,1H3. The summed E-state index contributed by atoms with van der Waals surface area (Å²) >= 11 is 1.82. The van der Waals surface area contributed by atoms with Crippen LogP contribution in [0.25, 0.3) is 64.3 Å². The van der Waals surface area contributed by atoms with Gasteiger partial charge in [-0.25, -0.2) is 0 Å². The van der Waals surface area contributed by atoms with Crippen molar-refractivity contribution in [2.45, 2.75) is 19.5 Å². The fraction of sp³-hybridized carbons (Fsp3) is 0.0811. The molecular formula is C37H25F3S. The summed E-state index contributed by atoms with van der Waals surface area (Å²) in [6, 6.07) is 40.3. The lowest BCUT2D eigenvalue weighted by Crippen LogP contribution is -2.06. The molecule has 0 saturated carbocycles. The molecule has 0 N–H and O–H groups in total. The molecule has 6 aromatic carbocycles. The number of benzene rings is 6. The molecule has 200 valence electrons. The highest BCUT2D eigenvalue weighted by molar-refractivity contribution is 7.25. The van der Waals surface area contributed by atoms with E-state index in [1.54, 1.807) is 0 Å². The molecule has 7 aromatic rings. The van der Waals surface area contributed by atoms with Crippen molar-refractivity contribution in [1.29, 1.82) is 0 Å². The fourth-order valence-electron chi connectivity index (χ4n) is 5.59. The van der Waals surface area contributed by atoms with Crippen LogP contribution in [-0.4, -0.2) is 0 Å². The van der Waals surface area contributed by atoms with E-state index in [-0.39, 0.29) is 0 Å². The number of halogens is 3. The molecule has 0 unspecified atom stereocenters. The van der Waals surface area contributed by atoms with E-state index < -0.39 is 11.7 Å². The van der Waals surface area contributed by atoms with E-state index in [1.807, 2.05) is 48.6 Å². The lowest BCUT2D eigenvalue weighted by Gasteiger charge is -2.13. The average molecular weight is 559 g/mol. The quantitative estimate of drug-likeness (QED) is 0.202. The summed E-state index contributed by atoms with van der Waals surface area (Å²) in [4.78, 5) is 0. The van der Waals surface area contributed by atoms with Gasteiger partial charge in [0.15, 0.2) is 0 Å². The topological polar surface area (TPSA) is 0 Å². The van der Waals surface area contributed by atoms with Gasteiger partial charge in [0.1, 0.15) is 0 Å². The molecule has 0 saturated heterocycles. The summed E-state index contributed by atoms with van der Waals surface area (Å²) in [6.07, 6.45) is -3.82. The lowest BCUT2D eigenvalue weighted by atomic mass is 9.94. The maximum atomic E-state index is 13.5. The van der Waals surface area contributed by atoms with Crippen LogP contribution in [0.4, 0.5) is 13.2 Å². The number of hydrogen-bond acceptors (Lipinski definition) is 1. The van der Waals surface area contributed by atoms with Crippen LogP contribution in [0, 0.1) is 0 Å². The normalized spacial score (nSPS) is 12.0. The van der Waals surface area contributed by atoms with Gasteiger partial charge in [0.25, 0.3) is 0 Å². The van der Waals surface area contributed by atoms with Crippen LogP contribution in [0.2, 0.25) is 0 Å². The molecular weight excluding hydrogens is 533 g/mol. The second kappa shape index (κ2) is 9.90. The second-order valence-electron chi connectivity index (χ2n) is 10.4. The van der Waals surface area contributed by atoms with Crippen LogP contribution in [0.1, 0.15) is 18.1 Å². The third-order valence-electron chi connectivity index (χ3n) is 7.83. The second-order valence-corrected chi connectivity index (χ2v) is 11.5. The number of aryl methyl sites for hydroxylation is 1. The molecule has 41 heavy (non-hydrogen) atoms. The van der Waals surface area contributed by atoms with Crippen LogP contribution in [-0.2, 0) is 12.6 Å². The highest BCUT2D eigenvalue weighted by Crippen LogP contribution is 2.38. The first-order valence-electron chi connectivity index (χ1n) is 13.6. The minimum absolute atomic E-state index is 0.548. The minimum atomic E-state index is -4.37. The van der Waals surface area contributed by atoms with Crippen molar-refractivity contribution in [3.63, 3.8) is 0 Å². The highest BCUT2D eigenvalue weighted by Gasteiger charge is 2.31. The number of alkyl halides is 3. The Morgan fingerprint density at radius 2 is 1.07 bits per heavy atom. The number of hydrogen-bond donors (Lipinski definition) is 0. The molecule has 0 aliphatic rings. The summed E-state index contributed by atoms with van der Waals surface area (Å²) in [5.41, 5.74) is 6.03. The van der Waals surface area contributed by atoms with E-state index in [0.29, 0.717) is 17.5 Å². The third kappa shape index (κ3) is 4.79. The van der Waals surface area contributed by atoms with Gasteiger partial charge in [-0.05, 0) is 98.6 Å². The van der Waals surface area contributed by atoms with Gasteiger partial charge in [0, 0.05) is 20.2 Å². The zero-order valence-corrected chi connectivity index (χ0v) is 23.1. The zero-order valence-electron chi connectivity index (χ0n) is 22.3. The fourth-order valence-corrected chi connectivity index (χ4v) is 6.68. The molecule has 0 atom stereocenters. The van der Waals surface area contributed by atoms with Crippen molar-refractivity contribution in [1.82, 2.24) is 0 Å². The van der Waals surface area contributed by atoms with Crippen molar-refractivity contribution >= 4 is 42.3 Å². The molecule has 0 fully saturated rings. The Kier molecular flexibility index (Phi) is 6.17. The molecule has 1 heterocycles. The summed E-state index contributed by atoms with van der Waals surface area (Å²) in [5.74, 6) is 0. The Morgan fingerprint density at radius 1 is 0.512 bits per heavy atom.